The van der Waals surface area contributed by atoms with E-state index >= 15 is 0 Å². The van der Waals surface area contributed by atoms with Gasteiger partial charge in [-0.15, -0.1) is 0 Å². The molecule has 1 fully saturated rings. The molecule has 100 valence electrons. The Bertz CT molecular complexity index is 403. The third kappa shape index (κ3) is 3.56. The Balaban J connectivity index is 2.00. The molecule has 2 atom stereocenters. The average molecular weight is 311 g/mol. The van der Waals surface area contributed by atoms with Crippen LogP contribution in [-0.4, -0.2) is 24.0 Å². The molecule has 18 heavy (non-hydrogen) atoms. The molecule has 2 unspecified atom stereocenters. The highest BCUT2D eigenvalue weighted by atomic mass is 79.9. The Morgan fingerprint density at radius 3 is 2.94 bits per heavy atom. The normalized spacial score (nSPS) is 23.0. The van der Waals surface area contributed by atoms with Crippen LogP contribution in [0.4, 0.5) is 0 Å². The van der Waals surface area contributed by atoms with Crippen LogP contribution in [0.15, 0.2) is 22.7 Å². The van der Waals surface area contributed by atoms with Crippen LogP contribution in [0.1, 0.15) is 30.9 Å². The van der Waals surface area contributed by atoms with E-state index in [1.807, 2.05) is 0 Å². The number of hydrogen-bond donors (Lipinski definition) is 1. The summed E-state index contributed by atoms with van der Waals surface area (Å²) in [6.45, 7) is 7.63. The fourth-order valence-corrected chi connectivity index (χ4v) is 3.30. The van der Waals surface area contributed by atoms with Crippen molar-refractivity contribution < 1.29 is 0 Å². The molecule has 0 amide bonds. The van der Waals surface area contributed by atoms with E-state index in [2.05, 4.69) is 52.9 Å². The lowest BCUT2D eigenvalue weighted by Crippen LogP contribution is -2.41. The molecule has 0 aliphatic carbocycles. The van der Waals surface area contributed by atoms with Crippen LogP contribution in [0.5, 0.6) is 0 Å². The van der Waals surface area contributed by atoms with E-state index in [-0.39, 0.29) is 0 Å². The molecule has 2 rings (SSSR count). The first-order valence-electron chi connectivity index (χ1n) is 6.79. The predicted molar refractivity (Wildman–Crippen MR) is 80.5 cm³/mol. The lowest BCUT2D eigenvalue weighted by atomic mass is 9.92. The van der Waals surface area contributed by atoms with Crippen LogP contribution in [0, 0.1) is 12.8 Å². The zero-order valence-electron chi connectivity index (χ0n) is 11.3. The van der Waals surface area contributed by atoms with Crippen LogP contribution in [0.25, 0.3) is 0 Å². The largest absolute Gasteiger partial charge is 0.328 e. The Morgan fingerprint density at radius 2 is 2.28 bits per heavy atom. The van der Waals surface area contributed by atoms with Gasteiger partial charge in [-0.3, -0.25) is 4.90 Å². The summed E-state index contributed by atoms with van der Waals surface area (Å²) in [5, 5.41) is 0. The van der Waals surface area contributed by atoms with Crippen molar-refractivity contribution in [3.05, 3.63) is 33.8 Å². The highest BCUT2D eigenvalue weighted by molar-refractivity contribution is 9.10. The predicted octanol–water partition coefficient (Wildman–Crippen LogP) is 3.32. The molecule has 0 radical (unpaired) electrons. The Hall–Kier alpha value is -0.380. The minimum Gasteiger partial charge on any atom is -0.328 e. The molecule has 0 aromatic heterocycles. The lowest BCUT2D eigenvalue weighted by molar-refractivity contribution is 0.154. The van der Waals surface area contributed by atoms with Crippen molar-refractivity contribution in [2.75, 3.05) is 13.1 Å². The molecule has 3 heteroatoms. The Kier molecular flexibility index (Phi) is 4.82. The second kappa shape index (κ2) is 6.18. The zero-order valence-corrected chi connectivity index (χ0v) is 12.9. The molecule has 2 nitrogen and oxygen atoms in total. The van der Waals surface area contributed by atoms with Gasteiger partial charge in [0.25, 0.3) is 0 Å². The van der Waals surface area contributed by atoms with Gasteiger partial charge in [0, 0.05) is 23.6 Å². The van der Waals surface area contributed by atoms with Crippen molar-refractivity contribution >= 4 is 15.9 Å². The molecule has 0 saturated carbocycles. The van der Waals surface area contributed by atoms with E-state index < -0.39 is 0 Å². The van der Waals surface area contributed by atoms with Gasteiger partial charge in [-0.1, -0.05) is 28.1 Å². The van der Waals surface area contributed by atoms with Crippen molar-refractivity contribution in [2.45, 2.75) is 39.3 Å². The third-order valence-corrected chi connectivity index (χ3v) is 4.63. The van der Waals surface area contributed by atoms with Crippen molar-refractivity contribution in [3.63, 3.8) is 0 Å². The summed E-state index contributed by atoms with van der Waals surface area (Å²) < 4.78 is 1.23. The van der Waals surface area contributed by atoms with Crippen LogP contribution in [-0.2, 0) is 6.54 Å². The molecular formula is C15H23BrN2. The fourth-order valence-electron chi connectivity index (χ4n) is 2.69. The SMILES string of the molecule is Cc1ccc(CN2CCCC(C(C)N)C2)c(Br)c1. The zero-order chi connectivity index (χ0) is 13.1. The van der Waals surface area contributed by atoms with Crippen molar-refractivity contribution in [1.82, 2.24) is 4.90 Å². The van der Waals surface area contributed by atoms with Crippen LogP contribution < -0.4 is 5.73 Å². The quantitative estimate of drug-likeness (QED) is 0.928. The first-order valence-corrected chi connectivity index (χ1v) is 7.58. The lowest BCUT2D eigenvalue weighted by Gasteiger charge is -2.34. The molecule has 0 spiro atoms. The molecule has 2 N–H and O–H groups in total. The molecule has 1 heterocycles. The number of rotatable bonds is 3. The number of aryl methyl sites for hydroxylation is 1. The number of piperidine rings is 1. The van der Waals surface area contributed by atoms with E-state index in [0.717, 1.165) is 13.1 Å². The van der Waals surface area contributed by atoms with Crippen molar-refractivity contribution in [3.8, 4) is 0 Å². The highest BCUT2D eigenvalue weighted by Gasteiger charge is 2.22. The summed E-state index contributed by atoms with van der Waals surface area (Å²) in [6.07, 6.45) is 2.55. The van der Waals surface area contributed by atoms with Gasteiger partial charge in [-0.25, -0.2) is 0 Å². The van der Waals surface area contributed by atoms with Gasteiger partial charge in [-0.2, -0.15) is 0 Å². The van der Waals surface area contributed by atoms with E-state index in [4.69, 9.17) is 5.73 Å². The average Bonchev–Trinajstić information content (AvgIpc) is 2.33. The first kappa shape index (κ1) is 14.0. The Labute approximate surface area is 119 Å². The number of benzene rings is 1. The monoisotopic (exact) mass is 310 g/mol. The number of hydrogen-bond acceptors (Lipinski definition) is 2. The highest BCUT2D eigenvalue weighted by Crippen LogP contribution is 2.24. The minimum atomic E-state index is 0.314. The van der Waals surface area contributed by atoms with Gasteiger partial charge in [0.05, 0.1) is 0 Å². The summed E-state index contributed by atoms with van der Waals surface area (Å²) >= 11 is 3.67. The van der Waals surface area contributed by atoms with E-state index in [0.29, 0.717) is 12.0 Å². The maximum Gasteiger partial charge on any atom is 0.0245 e. The number of nitrogens with zero attached hydrogens (tertiary/aromatic N) is 1. The molecule has 1 aromatic rings. The van der Waals surface area contributed by atoms with Crippen LogP contribution >= 0.6 is 15.9 Å². The van der Waals surface area contributed by atoms with Crippen LogP contribution in [0.2, 0.25) is 0 Å². The summed E-state index contributed by atoms with van der Waals surface area (Å²) in [7, 11) is 0. The van der Waals surface area contributed by atoms with E-state index in [9.17, 15) is 0 Å². The minimum absolute atomic E-state index is 0.314. The van der Waals surface area contributed by atoms with Gasteiger partial charge < -0.3 is 5.73 Å². The molecule has 1 saturated heterocycles. The standard InChI is InChI=1S/C15H23BrN2/c1-11-5-6-14(15(16)8-11)10-18-7-3-4-13(9-18)12(2)17/h5-6,8,12-13H,3-4,7,9-10,17H2,1-2H3. The van der Waals surface area contributed by atoms with Gasteiger partial charge in [0.1, 0.15) is 0 Å². The van der Waals surface area contributed by atoms with E-state index in [1.165, 1.54) is 35.0 Å². The van der Waals surface area contributed by atoms with Gasteiger partial charge in [0.2, 0.25) is 0 Å². The van der Waals surface area contributed by atoms with Gasteiger partial charge >= 0.3 is 0 Å². The number of halogens is 1. The maximum absolute atomic E-state index is 6.04. The maximum atomic E-state index is 6.04. The first-order chi connectivity index (χ1) is 8.56. The number of nitrogens with two attached hydrogens (primary N) is 1. The molecule has 1 aliphatic rings. The molecule has 0 bridgehead atoms. The van der Waals surface area contributed by atoms with Crippen molar-refractivity contribution in [1.29, 1.82) is 0 Å². The molecule has 1 aromatic carbocycles. The Morgan fingerprint density at radius 1 is 1.50 bits per heavy atom. The fraction of sp³-hybridized carbons (Fsp3) is 0.600. The van der Waals surface area contributed by atoms with E-state index in [1.54, 1.807) is 0 Å². The molecule has 1 aliphatic heterocycles. The summed E-state index contributed by atoms with van der Waals surface area (Å²) in [5.41, 5.74) is 8.72. The van der Waals surface area contributed by atoms with Crippen molar-refractivity contribution in [2.24, 2.45) is 11.7 Å². The van der Waals surface area contributed by atoms with Gasteiger partial charge in [0.15, 0.2) is 0 Å². The van der Waals surface area contributed by atoms with Crippen LogP contribution in [0.3, 0.4) is 0 Å². The smallest absolute Gasteiger partial charge is 0.0245 e. The van der Waals surface area contributed by atoms with Gasteiger partial charge in [-0.05, 0) is 56.3 Å². The second-order valence-corrected chi connectivity index (χ2v) is 6.45. The second-order valence-electron chi connectivity index (χ2n) is 5.59. The third-order valence-electron chi connectivity index (χ3n) is 3.89. The number of likely N-dealkylation sites (tertiary alicyclic amines) is 1. The summed E-state index contributed by atoms with van der Waals surface area (Å²) in [4.78, 5) is 2.53. The molecular weight excluding hydrogens is 288 g/mol. The summed E-state index contributed by atoms with van der Waals surface area (Å²) in [6, 6.07) is 6.93. The topological polar surface area (TPSA) is 29.3 Å². The summed E-state index contributed by atoms with van der Waals surface area (Å²) in [5.74, 6) is 0.656.